The van der Waals surface area contributed by atoms with Gasteiger partial charge >= 0.3 is 5.97 Å². The second-order valence-electron chi connectivity index (χ2n) is 3.21. The van der Waals surface area contributed by atoms with Crippen molar-refractivity contribution >= 4 is 5.97 Å². The average Bonchev–Trinajstić information content (AvgIpc) is 2.53. The summed E-state index contributed by atoms with van der Waals surface area (Å²) in [6, 6.07) is 0. The third-order valence-corrected chi connectivity index (χ3v) is 2.42. The molecule has 0 saturated heterocycles. The highest BCUT2D eigenvalue weighted by atomic mass is 16.4. The summed E-state index contributed by atoms with van der Waals surface area (Å²) in [6.45, 7) is 2.08. The number of carbonyl (C=O) groups is 1. The molecule has 4 nitrogen and oxygen atoms in total. The summed E-state index contributed by atoms with van der Waals surface area (Å²) in [4.78, 5) is 10.6. The van der Waals surface area contributed by atoms with Crippen LogP contribution in [-0.4, -0.2) is 21.3 Å². The Kier molecular flexibility index (Phi) is 1.43. The van der Waals surface area contributed by atoms with Crippen LogP contribution in [0.3, 0.4) is 0 Å². The number of carboxylic acid groups (broad SMARTS) is 1. The zero-order valence-corrected chi connectivity index (χ0v) is 6.79. The zero-order valence-electron chi connectivity index (χ0n) is 6.79. The molecule has 0 unspecified atom stereocenters. The topological polar surface area (TPSA) is 66.0 Å². The van der Waals surface area contributed by atoms with Gasteiger partial charge in [0.25, 0.3) is 0 Å². The fourth-order valence-corrected chi connectivity index (χ4v) is 1.72. The maximum Gasteiger partial charge on any atom is 0.356 e. The van der Waals surface area contributed by atoms with E-state index in [4.69, 9.17) is 5.11 Å². The van der Waals surface area contributed by atoms with Gasteiger partial charge in [-0.2, -0.15) is 5.10 Å². The summed E-state index contributed by atoms with van der Waals surface area (Å²) in [5, 5.41) is 15.3. The molecule has 1 atom stereocenters. The van der Waals surface area contributed by atoms with E-state index in [2.05, 4.69) is 17.1 Å². The number of aromatic carboxylic acids is 1. The number of rotatable bonds is 1. The summed E-state index contributed by atoms with van der Waals surface area (Å²) < 4.78 is 0. The molecule has 1 heterocycles. The molecule has 2 rings (SSSR count). The van der Waals surface area contributed by atoms with Crippen molar-refractivity contribution in [3.63, 3.8) is 0 Å². The molecule has 0 fully saturated rings. The zero-order chi connectivity index (χ0) is 8.72. The van der Waals surface area contributed by atoms with Gasteiger partial charge in [-0.05, 0) is 18.8 Å². The molecule has 1 aliphatic rings. The Bertz CT molecular complexity index is 330. The standard InChI is InChI=1S/C8H10N2O2/c1-4-2-3-5-6(4)9-10-7(5)8(11)12/h4H,2-3H2,1H3,(H,9,10)(H,11,12)/t4-/m0/s1. The Balaban J connectivity index is 2.49. The van der Waals surface area contributed by atoms with Crippen LogP contribution in [-0.2, 0) is 6.42 Å². The fourth-order valence-electron chi connectivity index (χ4n) is 1.72. The second-order valence-corrected chi connectivity index (χ2v) is 3.21. The lowest BCUT2D eigenvalue weighted by Gasteiger charge is -1.96. The van der Waals surface area contributed by atoms with Crippen LogP contribution in [0.2, 0.25) is 0 Å². The van der Waals surface area contributed by atoms with Crippen molar-refractivity contribution in [2.24, 2.45) is 0 Å². The molecule has 0 aliphatic heterocycles. The number of nitrogens with one attached hydrogen (secondary N) is 1. The monoisotopic (exact) mass is 166 g/mol. The van der Waals surface area contributed by atoms with Crippen LogP contribution in [0.15, 0.2) is 0 Å². The molecule has 4 heteroatoms. The first-order valence-electron chi connectivity index (χ1n) is 4.00. The number of H-pyrrole nitrogens is 1. The number of aromatic nitrogens is 2. The van der Waals surface area contributed by atoms with Gasteiger partial charge in [-0.3, -0.25) is 5.10 Å². The van der Waals surface area contributed by atoms with E-state index in [0.717, 1.165) is 24.1 Å². The Morgan fingerprint density at radius 1 is 1.75 bits per heavy atom. The van der Waals surface area contributed by atoms with Crippen LogP contribution >= 0.6 is 0 Å². The minimum Gasteiger partial charge on any atom is -0.476 e. The molecule has 1 aliphatic carbocycles. The van der Waals surface area contributed by atoms with Gasteiger partial charge in [0.05, 0.1) is 0 Å². The minimum absolute atomic E-state index is 0.203. The molecule has 2 N–H and O–H groups in total. The van der Waals surface area contributed by atoms with Crippen LogP contribution in [0.4, 0.5) is 0 Å². The first-order valence-corrected chi connectivity index (χ1v) is 4.00. The Morgan fingerprint density at radius 2 is 2.50 bits per heavy atom. The predicted molar refractivity (Wildman–Crippen MR) is 42.3 cm³/mol. The van der Waals surface area contributed by atoms with Crippen molar-refractivity contribution in [2.75, 3.05) is 0 Å². The summed E-state index contributed by atoms with van der Waals surface area (Å²) >= 11 is 0. The third-order valence-electron chi connectivity index (χ3n) is 2.42. The highest BCUT2D eigenvalue weighted by Gasteiger charge is 2.27. The molecule has 1 aromatic heterocycles. The van der Waals surface area contributed by atoms with Gasteiger partial charge in [-0.15, -0.1) is 0 Å². The first kappa shape index (κ1) is 7.34. The first-order chi connectivity index (χ1) is 5.70. The molecular formula is C8H10N2O2. The quantitative estimate of drug-likeness (QED) is 0.657. The van der Waals surface area contributed by atoms with Crippen molar-refractivity contribution in [3.8, 4) is 0 Å². The summed E-state index contributed by atoms with van der Waals surface area (Å²) in [5.74, 6) is -0.498. The molecule has 0 amide bonds. The van der Waals surface area contributed by atoms with Gasteiger partial charge in [-0.1, -0.05) is 6.92 Å². The van der Waals surface area contributed by atoms with Crippen LogP contribution in [0, 0.1) is 0 Å². The van der Waals surface area contributed by atoms with Gasteiger partial charge in [0.2, 0.25) is 0 Å². The van der Waals surface area contributed by atoms with E-state index in [1.54, 1.807) is 0 Å². The number of hydrogen-bond donors (Lipinski definition) is 2. The van der Waals surface area contributed by atoms with Crippen molar-refractivity contribution in [1.29, 1.82) is 0 Å². The van der Waals surface area contributed by atoms with E-state index >= 15 is 0 Å². The molecule has 12 heavy (non-hydrogen) atoms. The average molecular weight is 166 g/mol. The van der Waals surface area contributed by atoms with Crippen molar-refractivity contribution < 1.29 is 9.90 Å². The molecule has 0 bridgehead atoms. The minimum atomic E-state index is -0.929. The fraction of sp³-hybridized carbons (Fsp3) is 0.500. The summed E-state index contributed by atoms with van der Waals surface area (Å²) in [7, 11) is 0. The van der Waals surface area contributed by atoms with Crippen molar-refractivity contribution in [1.82, 2.24) is 10.2 Å². The Hall–Kier alpha value is -1.32. The van der Waals surface area contributed by atoms with E-state index in [1.165, 1.54) is 0 Å². The smallest absolute Gasteiger partial charge is 0.356 e. The van der Waals surface area contributed by atoms with Crippen LogP contribution in [0.1, 0.15) is 41.0 Å². The normalized spacial score (nSPS) is 20.9. The molecule has 1 aromatic rings. The number of carboxylic acids is 1. The molecule has 0 aromatic carbocycles. The lowest BCUT2D eigenvalue weighted by atomic mass is 10.1. The van der Waals surface area contributed by atoms with E-state index in [9.17, 15) is 4.79 Å². The maximum absolute atomic E-state index is 10.6. The third kappa shape index (κ3) is 0.841. The van der Waals surface area contributed by atoms with Gasteiger partial charge in [0, 0.05) is 11.3 Å². The number of fused-ring (bicyclic) bond motifs is 1. The van der Waals surface area contributed by atoms with Crippen molar-refractivity contribution in [2.45, 2.75) is 25.7 Å². The second kappa shape index (κ2) is 2.33. The lowest BCUT2D eigenvalue weighted by Crippen LogP contribution is -2.00. The largest absolute Gasteiger partial charge is 0.476 e. The molecule has 0 saturated carbocycles. The van der Waals surface area contributed by atoms with E-state index in [1.807, 2.05) is 0 Å². The van der Waals surface area contributed by atoms with Gasteiger partial charge < -0.3 is 5.11 Å². The Morgan fingerprint density at radius 3 is 3.17 bits per heavy atom. The lowest BCUT2D eigenvalue weighted by molar-refractivity contribution is 0.0689. The maximum atomic E-state index is 10.6. The highest BCUT2D eigenvalue weighted by Crippen LogP contribution is 2.32. The number of hydrogen-bond acceptors (Lipinski definition) is 2. The van der Waals surface area contributed by atoms with Crippen LogP contribution in [0.25, 0.3) is 0 Å². The van der Waals surface area contributed by atoms with E-state index in [-0.39, 0.29) is 5.69 Å². The van der Waals surface area contributed by atoms with Gasteiger partial charge in [0.1, 0.15) is 0 Å². The van der Waals surface area contributed by atoms with Crippen LogP contribution in [0.5, 0.6) is 0 Å². The number of aromatic amines is 1. The van der Waals surface area contributed by atoms with Crippen LogP contribution < -0.4 is 0 Å². The van der Waals surface area contributed by atoms with E-state index in [0.29, 0.717) is 5.92 Å². The van der Waals surface area contributed by atoms with E-state index < -0.39 is 5.97 Å². The molecular weight excluding hydrogens is 156 g/mol. The number of nitrogens with zero attached hydrogens (tertiary/aromatic N) is 1. The SMILES string of the molecule is C[C@H]1CCc2c(C(=O)O)n[nH]c21. The molecule has 0 spiro atoms. The summed E-state index contributed by atoms with van der Waals surface area (Å²) in [6.07, 6.45) is 1.87. The highest BCUT2D eigenvalue weighted by molar-refractivity contribution is 5.87. The Labute approximate surface area is 69.6 Å². The van der Waals surface area contributed by atoms with Crippen molar-refractivity contribution in [3.05, 3.63) is 17.0 Å². The summed E-state index contributed by atoms with van der Waals surface area (Å²) in [5.41, 5.74) is 2.11. The van der Waals surface area contributed by atoms with Gasteiger partial charge in [0.15, 0.2) is 5.69 Å². The molecule has 0 radical (unpaired) electrons. The van der Waals surface area contributed by atoms with Gasteiger partial charge in [-0.25, -0.2) is 4.79 Å². The molecule has 64 valence electrons. The predicted octanol–water partition coefficient (Wildman–Crippen LogP) is 1.16.